The third-order valence-electron chi connectivity index (χ3n) is 6.25. The molecular weight excluding hydrogens is 470 g/mol. The van der Waals surface area contributed by atoms with Gasteiger partial charge in [0.15, 0.2) is 5.82 Å². The summed E-state index contributed by atoms with van der Waals surface area (Å²) < 4.78 is 10.5. The molecule has 1 aromatic heterocycles. The summed E-state index contributed by atoms with van der Waals surface area (Å²) in [7, 11) is 3.18. The van der Waals surface area contributed by atoms with Crippen molar-refractivity contribution in [2.75, 3.05) is 58.4 Å². The maximum atomic E-state index is 13.1. The Hall–Kier alpha value is -4.40. The normalized spacial score (nSPS) is 13.1. The number of benzene rings is 2. The lowest BCUT2D eigenvalue weighted by molar-refractivity contribution is -0.132. The molecule has 2 heterocycles. The number of carbonyl (C=O) groups is 2. The van der Waals surface area contributed by atoms with E-state index in [-0.39, 0.29) is 24.9 Å². The Morgan fingerprint density at radius 3 is 2.30 bits per heavy atom. The molecule has 0 unspecified atom stereocenters. The third-order valence-corrected chi connectivity index (χ3v) is 6.25. The predicted molar refractivity (Wildman–Crippen MR) is 142 cm³/mol. The van der Waals surface area contributed by atoms with E-state index in [0.29, 0.717) is 37.5 Å². The molecule has 0 aliphatic carbocycles. The molecule has 0 bridgehead atoms. The van der Waals surface area contributed by atoms with Crippen LogP contribution in [0, 0.1) is 0 Å². The number of amides is 2. The van der Waals surface area contributed by atoms with Crippen LogP contribution in [-0.4, -0.2) is 85.3 Å². The van der Waals surface area contributed by atoms with Crippen molar-refractivity contribution >= 4 is 17.6 Å². The van der Waals surface area contributed by atoms with Gasteiger partial charge in [0.1, 0.15) is 18.0 Å². The van der Waals surface area contributed by atoms with Crippen LogP contribution in [-0.2, 0) is 4.79 Å². The zero-order valence-electron chi connectivity index (χ0n) is 21.2. The Labute approximate surface area is 216 Å². The summed E-state index contributed by atoms with van der Waals surface area (Å²) in [5.41, 5.74) is 2.16. The Kier molecular flexibility index (Phi) is 8.35. The minimum Gasteiger partial charge on any atom is -0.497 e. The van der Waals surface area contributed by atoms with E-state index in [1.807, 2.05) is 36.4 Å². The van der Waals surface area contributed by atoms with Crippen molar-refractivity contribution in [3.8, 4) is 22.8 Å². The first-order valence-corrected chi connectivity index (χ1v) is 12.1. The highest BCUT2D eigenvalue weighted by molar-refractivity contribution is 5.97. The van der Waals surface area contributed by atoms with E-state index in [4.69, 9.17) is 9.47 Å². The lowest BCUT2D eigenvalue weighted by atomic mass is 10.1. The van der Waals surface area contributed by atoms with Gasteiger partial charge in [0.2, 0.25) is 5.91 Å². The number of piperazine rings is 1. The Bertz CT molecular complexity index is 1240. The molecular formula is C28H31N5O4. The van der Waals surface area contributed by atoms with Crippen LogP contribution < -0.4 is 14.4 Å². The number of anilines is 1. The molecule has 0 radical (unpaired) electrons. The third kappa shape index (κ3) is 6.24. The lowest BCUT2D eigenvalue weighted by Gasteiger charge is -2.36. The molecule has 1 fully saturated rings. The average Bonchev–Trinajstić information content (AvgIpc) is 2.96. The number of ether oxygens (including phenoxy) is 2. The fourth-order valence-corrected chi connectivity index (χ4v) is 4.19. The van der Waals surface area contributed by atoms with Crippen LogP contribution in [0.4, 0.5) is 5.82 Å². The van der Waals surface area contributed by atoms with Crippen LogP contribution in [0.5, 0.6) is 11.5 Å². The first-order valence-electron chi connectivity index (χ1n) is 12.1. The Morgan fingerprint density at radius 2 is 1.65 bits per heavy atom. The van der Waals surface area contributed by atoms with E-state index in [0.717, 1.165) is 22.8 Å². The predicted octanol–water partition coefficient (Wildman–Crippen LogP) is 3.14. The van der Waals surface area contributed by atoms with Gasteiger partial charge in [-0.3, -0.25) is 9.59 Å². The molecule has 2 amide bonds. The van der Waals surface area contributed by atoms with Gasteiger partial charge in [0.05, 0.1) is 19.9 Å². The summed E-state index contributed by atoms with van der Waals surface area (Å²) >= 11 is 0. The molecule has 0 spiro atoms. The summed E-state index contributed by atoms with van der Waals surface area (Å²) in [6.45, 7) is 6.33. The molecule has 0 N–H and O–H groups in total. The maximum absolute atomic E-state index is 13.1. The quantitative estimate of drug-likeness (QED) is 0.416. The molecule has 4 rings (SSSR count). The number of carbonyl (C=O) groups excluding carboxylic acids is 2. The fraction of sp³-hybridized carbons (Fsp3) is 0.286. The SMILES string of the molecule is C=CCN(CC(=O)N1CCN(c2ccc(-c3cccc(OC)c3)nn2)CC1)C(=O)c1cccc(OC)c1. The molecule has 1 aliphatic heterocycles. The number of nitrogens with zero attached hydrogens (tertiary/aromatic N) is 5. The lowest BCUT2D eigenvalue weighted by Crippen LogP contribution is -2.52. The number of hydrogen-bond acceptors (Lipinski definition) is 7. The summed E-state index contributed by atoms with van der Waals surface area (Å²) in [6, 6.07) is 18.5. The van der Waals surface area contributed by atoms with Crippen molar-refractivity contribution in [1.82, 2.24) is 20.0 Å². The van der Waals surface area contributed by atoms with Crippen molar-refractivity contribution in [2.24, 2.45) is 0 Å². The number of aromatic nitrogens is 2. The van der Waals surface area contributed by atoms with Gasteiger partial charge in [-0.15, -0.1) is 16.8 Å². The van der Waals surface area contributed by atoms with Gasteiger partial charge in [0, 0.05) is 43.9 Å². The molecule has 192 valence electrons. The van der Waals surface area contributed by atoms with E-state index in [1.165, 1.54) is 4.90 Å². The van der Waals surface area contributed by atoms with E-state index >= 15 is 0 Å². The van der Waals surface area contributed by atoms with Crippen molar-refractivity contribution in [1.29, 1.82) is 0 Å². The molecule has 9 nitrogen and oxygen atoms in total. The van der Waals surface area contributed by atoms with Crippen LogP contribution in [0.15, 0.2) is 73.3 Å². The number of rotatable bonds is 9. The molecule has 0 atom stereocenters. The zero-order valence-corrected chi connectivity index (χ0v) is 21.2. The van der Waals surface area contributed by atoms with Gasteiger partial charge in [0.25, 0.3) is 5.91 Å². The Balaban J connectivity index is 1.34. The van der Waals surface area contributed by atoms with Crippen molar-refractivity contribution in [3.05, 3.63) is 78.9 Å². The van der Waals surface area contributed by atoms with Crippen LogP contribution in [0.2, 0.25) is 0 Å². The monoisotopic (exact) mass is 501 g/mol. The largest absolute Gasteiger partial charge is 0.497 e. The van der Waals surface area contributed by atoms with E-state index < -0.39 is 0 Å². The second-order valence-electron chi connectivity index (χ2n) is 8.58. The minimum absolute atomic E-state index is 0.0168. The zero-order chi connectivity index (χ0) is 26.2. The highest BCUT2D eigenvalue weighted by Gasteiger charge is 2.25. The van der Waals surface area contributed by atoms with Crippen LogP contribution in [0.25, 0.3) is 11.3 Å². The molecule has 0 saturated carbocycles. The van der Waals surface area contributed by atoms with Gasteiger partial charge in [-0.1, -0.05) is 24.3 Å². The second kappa shape index (κ2) is 12.0. The minimum atomic E-state index is -0.239. The van der Waals surface area contributed by atoms with Crippen LogP contribution in [0.1, 0.15) is 10.4 Å². The molecule has 37 heavy (non-hydrogen) atoms. The van der Waals surface area contributed by atoms with Gasteiger partial charge in [-0.25, -0.2) is 0 Å². The molecule has 9 heteroatoms. The molecule has 1 aliphatic rings. The topological polar surface area (TPSA) is 88.1 Å². The van der Waals surface area contributed by atoms with Gasteiger partial charge >= 0.3 is 0 Å². The maximum Gasteiger partial charge on any atom is 0.254 e. The molecule has 3 aromatic rings. The van der Waals surface area contributed by atoms with E-state index in [9.17, 15) is 9.59 Å². The number of hydrogen-bond donors (Lipinski definition) is 0. The fourth-order valence-electron chi connectivity index (χ4n) is 4.19. The van der Waals surface area contributed by atoms with Crippen LogP contribution >= 0.6 is 0 Å². The van der Waals surface area contributed by atoms with E-state index in [2.05, 4.69) is 21.7 Å². The number of methoxy groups -OCH3 is 2. The highest BCUT2D eigenvalue weighted by Crippen LogP contribution is 2.23. The van der Waals surface area contributed by atoms with Gasteiger partial charge in [-0.05, 0) is 42.5 Å². The van der Waals surface area contributed by atoms with Crippen molar-refractivity contribution in [3.63, 3.8) is 0 Å². The van der Waals surface area contributed by atoms with Crippen LogP contribution in [0.3, 0.4) is 0 Å². The Morgan fingerprint density at radius 1 is 0.946 bits per heavy atom. The van der Waals surface area contributed by atoms with E-state index in [1.54, 1.807) is 49.5 Å². The average molecular weight is 502 g/mol. The highest BCUT2D eigenvalue weighted by atomic mass is 16.5. The smallest absolute Gasteiger partial charge is 0.254 e. The second-order valence-corrected chi connectivity index (χ2v) is 8.58. The van der Waals surface area contributed by atoms with Gasteiger partial charge in [-0.2, -0.15) is 0 Å². The summed E-state index contributed by atoms with van der Waals surface area (Å²) in [6.07, 6.45) is 1.62. The van der Waals surface area contributed by atoms with Crippen molar-refractivity contribution in [2.45, 2.75) is 0 Å². The van der Waals surface area contributed by atoms with Crippen molar-refractivity contribution < 1.29 is 19.1 Å². The van der Waals surface area contributed by atoms with Gasteiger partial charge < -0.3 is 24.2 Å². The first kappa shape index (κ1) is 25.7. The standard InChI is InChI=1S/C28H31N5O4/c1-4-13-33(28(35)22-8-6-10-24(19-22)37-3)20-27(34)32-16-14-31(15-17-32)26-12-11-25(29-30-26)21-7-5-9-23(18-21)36-2/h4-12,18-19H,1,13-17,20H2,2-3H3. The molecule has 2 aromatic carbocycles. The summed E-state index contributed by atoms with van der Waals surface area (Å²) in [5.74, 6) is 1.78. The first-order chi connectivity index (χ1) is 18.0. The molecule has 1 saturated heterocycles. The summed E-state index contributed by atoms with van der Waals surface area (Å²) in [4.78, 5) is 31.5. The summed E-state index contributed by atoms with van der Waals surface area (Å²) in [5, 5.41) is 8.79.